The van der Waals surface area contributed by atoms with Gasteiger partial charge in [-0.3, -0.25) is 4.98 Å². The van der Waals surface area contributed by atoms with Gasteiger partial charge in [0.15, 0.2) is 0 Å². The fraction of sp³-hybridized carbons (Fsp3) is 0.500. The van der Waals surface area contributed by atoms with E-state index in [-0.39, 0.29) is 11.8 Å². The molecule has 1 saturated carbocycles. The van der Waals surface area contributed by atoms with Crippen molar-refractivity contribution in [1.29, 1.82) is 0 Å². The first-order valence-electron chi connectivity index (χ1n) is 4.67. The first-order chi connectivity index (χ1) is 6.27. The Morgan fingerprint density at radius 3 is 3.00 bits per heavy atom. The number of nitrogens with zero attached hydrogens (tertiary/aromatic N) is 1. The predicted octanol–water partition coefficient (Wildman–Crippen LogP) is 1.59. The van der Waals surface area contributed by atoms with Crippen LogP contribution in [0.25, 0.3) is 0 Å². The SMILES string of the molecule is NC(CC1CC1)c1ncccc1O. The van der Waals surface area contributed by atoms with Crippen molar-refractivity contribution in [3.63, 3.8) is 0 Å². The van der Waals surface area contributed by atoms with Crippen LogP contribution in [0.15, 0.2) is 18.3 Å². The van der Waals surface area contributed by atoms with E-state index in [2.05, 4.69) is 4.98 Å². The Labute approximate surface area is 77.6 Å². The molecule has 0 saturated heterocycles. The molecule has 1 aliphatic carbocycles. The molecular weight excluding hydrogens is 164 g/mol. The first kappa shape index (κ1) is 8.51. The summed E-state index contributed by atoms with van der Waals surface area (Å²) in [5.41, 5.74) is 6.55. The molecule has 3 N–H and O–H groups in total. The van der Waals surface area contributed by atoms with Gasteiger partial charge in [-0.15, -0.1) is 0 Å². The third kappa shape index (κ3) is 1.98. The average molecular weight is 178 g/mol. The minimum absolute atomic E-state index is 0.103. The van der Waals surface area contributed by atoms with E-state index in [4.69, 9.17) is 5.73 Å². The van der Waals surface area contributed by atoms with Crippen molar-refractivity contribution >= 4 is 0 Å². The topological polar surface area (TPSA) is 59.1 Å². The van der Waals surface area contributed by atoms with Crippen LogP contribution in [0.3, 0.4) is 0 Å². The fourth-order valence-electron chi connectivity index (χ4n) is 1.52. The standard InChI is InChI=1S/C10H14N2O/c11-8(6-7-3-4-7)10-9(13)2-1-5-12-10/h1-2,5,7-8,13H,3-4,6,11H2. The van der Waals surface area contributed by atoms with Gasteiger partial charge in [0.1, 0.15) is 5.75 Å². The Balaban J connectivity index is 2.09. The number of pyridine rings is 1. The van der Waals surface area contributed by atoms with Crippen LogP contribution in [0, 0.1) is 5.92 Å². The second-order valence-corrected chi connectivity index (χ2v) is 3.69. The minimum Gasteiger partial charge on any atom is -0.506 e. The van der Waals surface area contributed by atoms with E-state index >= 15 is 0 Å². The molecule has 2 rings (SSSR count). The van der Waals surface area contributed by atoms with Crippen LogP contribution in [-0.2, 0) is 0 Å². The average Bonchev–Trinajstić information content (AvgIpc) is 2.89. The van der Waals surface area contributed by atoms with Crippen LogP contribution in [0.2, 0.25) is 0 Å². The maximum Gasteiger partial charge on any atom is 0.138 e. The number of hydrogen-bond acceptors (Lipinski definition) is 3. The molecule has 0 aromatic carbocycles. The number of hydrogen-bond donors (Lipinski definition) is 2. The molecule has 1 unspecified atom stereocenters. The largest absolute Gasteiger partial charge is 0.506 e. The minimum atomic E-state index is -0.103. The smallest absolute Gasteiger partial charge is 0.138 e. The third-order valence-electron chi connectivity index (χ3n) is 2.45. The number of aromatic nitrogens is 1. The molecule has 3 heteroatoms. The molecule has 0 radical (unpaired) electrons. The maximum atomic E-state index is 9.47. The van der Waals surface area contributed by atoms with Crippen molar-refractivity contribution in [1.82, 2.24) is 4.98 Å². The van der Waals surface area contributed by atoms with Gasteiger partial charge in [0, 0.05) is 6.20 Å². The Bertz CT molecular complexity index is 297. The van der Waals surface area contributed by atoms with Gasteiger partial charge < -0.3 is 10.8 Å². The highest BCUT2D eigenvalue weighted by Gasteiger charge is 2.25. The molecule has 1 aliphatic rings. The summed E-state index contributed by atoms with van der Waals surface area (Å²) in [6.45, 7) is 0. The molecule has 3 nitrogen and oxygen atoms in total. The molecule has 1 fully saturated rings. The summed E-state index contributed by atoms with van der Waals surface area (Å²) in [6, 6.07) is 3.24. The summed E-state index contributed by atoms with van der Waals surface area (Å²) >= 11 is 0. The zero-order valence-electron chi connectivity index (χ0n) is 7.48. The summed E-state index contributed by atoms with van der Waals surface area (Å²) in [6.07, 6.45) is 5.18. The van der Waals surface area contributed by atoms with Gasteiger partial charge in [-0.2, -0.15) is 0 Å². The van der Waals surface area contributed by atoms with Crippen LogP contribution in [0.5, 0.6) is 5.75 Å². The van der Waals surface area contributed by atoms with Gasteiger partial charge in [-0.05, 0) is 24.5 Å². The Kier molecular flexibility index (Phi) is 2.19. The zero-order chi connectivity index (χ0) is 9.26. The lowest BCUT2D eigenvalue weighted by molar-refractivity contribution is 0.449. The molecule has 1 aromatic rings. The van der Waals surface area contributed by atoms with Crippen molar-refractivity contribution in [2.45, 2.75) is 25.3 Å². The molecule has 70 valence electrons. The molecule has 0 bridgehead atoms. The van der Waals surface area contributed by atoms with E-state index in [1.165, 1.54) is 12.8 Å². The van der Waals surface area contributed by atoms with Crippen LogP contribution < -0.4 is 5.73 Å². The van der Waals surface area contributed by atoms with E-state index < -0.39 is 0 Å². The Morgan fingerprint density at radius 2 is 2.38 bits per heavy atom. The molecule has 1 atom stereocenters. The highest BCUT2D eigenvalue weighted by molar-refractivity contribution is 5.27. The highest BCUT2D eigenvalue weighted by atomic mass is 16.3. The predicted molar refractivity (Wildman–Crippen MR) is 50.2 cm³/mol. The molecule has 1 heterocycles. The molecule has 0 aliphatic heterocycles. The van der Waals surface area contributed by atoms with Crippen molar-refractivity contribution in [2.24, 2.45) is 11.7 Å². The fourth-order valence-corrected chi connectivity index (χ4v) is 1.52. The Hall–Kier alpha value is -1.09. The molecule has 13 heavy (non-hydrogen) atoms. The van der Waals surface area contributed by atoms with Crippen molar-refractivity contribution < 1.29 is 5.11 Å². The third-order valence-corrected chi connectivity index (χ3v) is 2.45. The molecule has 0 spiro atoms. The van der Waals surface area contributed by atoms with Gasteiger partial charge in [-0.1, -0.05) is 12.8 Å². The summed E-state index contributed by atoms with van der Waals surface area (Å²) in [5, 5.41) is 9.47. The lowest BCUT2D eigenvalue weighted by atomic mass is 10.1. The quantitative estimate of drug-likeness (QED) is 0.738. The molecule has 0 amide bonds. The lowest BCUT2D eigenvalue weighted by Gasteiger charge is -2.10. The zero-order valence-corrected chi connectivity index (χ0v) is 7.48. The Morgan fingerprint density at radius 1 is 1.62 bits per heavy atom. The second-order valence-electron chi connectivity index (χ2n) is 3.69. The van der Waals surface area contributed by atoms with E-state index in [9.17, 15) is 5.11 Å². The van der Waals surface area contributed by atoms with Gasteiger partial charge in [0.05, 0.1) is 11.7 Å². The van der Waals surface area contributed by atoms with Crippen molar-refractivity contribution in [2.75, 3.05) is 0 Å². The van der Waals surface area contributed by atoms with E-state index in [1.807, 2.05) is 0 Å². The summed E-state index contributed by atoms with van der Waals surface area (Å²) in [4.78, 5) is 4.08. The highest BCUT2D eigenvalue weighted by Crippen LogP contribution is 2.37. The van der Waals surface area contributed by atoms with Crippen LogP contribution >= 0.6 is 0 Å². The van der Waals surface area contributed by atoms with Crippen LogP contribution in [0.4, 0.5) is 0 Å². The second kappa shape index (κ2) is 3.34. The van der Waals surface area contributed by atoms with E-state index in [0.717, 1.165) is 12.3 Å². The number of rotatable bonds is 3. The normalized spacial score (nSPS) is 18.5. The number of nitrogens with two attached hydrogens (primary N) is 1. The van der Waals surface area contributed by atoms with Crippen molar-refractivity contribution in [3.05, 3.63) is 24.0 Å². The van der Waals surface area contributed by atoms with E-state index in [1.54, 1.807) is 18.3 Å². The van der Waals surface area contributed by atoms with Crippen molar-refractivity contribution in [3.8, 4) is 5.75 Å². The van der Waals surface area contributed by atoms with Gasteiger partial charge in [0.2, 0.25) is 0 Å². The maximum absolute atomic E-state index is 9.47. The lowest BCUT2D eigenvalue weighted by Crippen LogP contribution is -2.12. The van der Waals surface area contributed by atoms with Gasteiger partial charge >= 0.3 is 0 Å². The molecular formula is C10H14N2O. The number of aromatic hydroxyl groups is 1. The van der Waals surface area contributed by atoms with E-state index in [0.29, 0.717) is 5.69 Å². The summed E-state index contributed by atoms with van der Waals surface area (Å²) in [5.74, 6) is 0.979. The first-order valence-corrected chi connectivity index (χ1v) is 4.67. The van der Waals surface area contributed by atoms with Gasteiger partial charge in [-0.25, -0.2) is 0 Å². The monoisotopic (exact) mass is 178 g/mol. The van der Waals surface area contributed by atoms with Crippen LogP contribution in [0.1, 0.15) is 31.0 Å². The van der Waals surface area contributed by atoms with Crippen LogP contribution in [-0.4, -0.2) is 10.1 Å². The summed E-state index contributed by atoms with van der Waals surface area (Å²) < 4.78 is 0. The molecule has 1 aromatic heterocycles. The van der Waals surface area contributed by atoms with Gasteiger partial charge in [0.25, 0.3) is 0 Å². The summed E-state index contributed by atoms with van der Waals surface area (Å²) in [7, 11) is 0.